The minimum absolute atomic E-state index is 0.274. The van der Waals surface area contributed by atoms with Gasteiger partial charge >= 0.3 is 0 Å². The van der Waals surface area contributed by atoms with E-state index in [1.54, 1.807) is 4.68 Å². The number of rotatable bonds is 11. The molecule has 0 radical (unpaired) electrons. The summed E-state index contributed by atoms with van der Waals surface area (Å²) in [6, 6.07) is 30.3. The minimum atomic E-state index is -0.557. The molecule has 6 rings (SSSR count). The zero-order valence-corrected chi connectivity index (χ0v) is 28.3. The number of ether oxygens (including phenoxy) is 2. The fourth-order valence-corrected chi connectivity index (χ4v) is 6.47. The first-order valence-corrected chi connectivity index (χ1v) is 16.9. The predicted molar refractivity (Wildman–Crippen MR) is 187 cm³/mol. The van der Waals surface area contributed by atoms with Gasteiger partial charge in [-0.25, -0.2) is 4.68 Å². The molecule has 0 fully saturated rings. The highest BCUT2D eigenvalue weighted by Gasteiger charge is 2.34. The van der Waals surface area contributed by atoms with Crippen LogP contribution in [0.5, 0.6) is 11.5 Å². The van der Waals surface area contributed by atoms with Crippen LogP contribution in [0, 0.1) is 0 Å². The first kappa shape index (κ1) is 31.7. The lowest BCUT2D eigenvalue weighted by Gasteiger charge is -2.29. The highest BCUT2D eigenvalue weighted by Crippen LogP contribution is 2.38. The van der Waals surface area contributed by atoms with Crippen LogP contribution < -0.4 is 20.1 Å². The smallest absolute Gasteiger partial charge is 0.255 e. The summed E-state index contributed by atoms with van der Waals surface area (Å²) in [7, 11) is 0. The van der Waals surface area contributed by atoms with Crippen LogP contribution in [-0.2, 0) is 17.2 Å². The maximum atomic E-state index is 14.1. The molecule has 2 N–H and O–H groups in total. The van der Waals surface area contributed by atoms with Crippen LogP contribution in [0.25, 0.3) is 0 Å². The van der Waals surface area contributed by atoms with E-state index in [2.05, 4.69) is 26.6 Å². The van der Waals surface area contributed by atoms with Gasteiger partial charge in [0.05, 0.1) is 17.9 Å². The Kier molecular flexibility index (Phi) is 9.97. The summed E-state index contributed by atoms with van der Waals surface area (Å²) in [5.41, 5.74) is 4.68. The van der Waals surface area contributed by atoms with Crippen LogP contribution in [-0.4, -0.2) is 27.3 Å². The number of aromatic nitrogens is 3. The minimum Gasteiger partial charge on any atom is -0.492 e. The van der Waals surface area contributed by atoms with Crippen molar-refractivity contribution in [1.29, 1.82) is 0 Å². The number of nitrogens with zero attached hydrogens (tertiary/aromatic N) is 3. The summed E-state index contributed by atoms with van der Waals surface area (Å²) < 4.78 is 14.6. The second-order valence-corrected chi connectivity index (χ2v) is 12.7. The second-order valence-electron chi connectivity index (χ2n) is 10.5. The number of nitrogens with one attached hydrogen (secondary N) is 2. The Morgan fingerprint density at radius 3 is 2.50 bits per heavy atom. The Hall–Kier alpha value is -4.25. The van der Waals surface area contributed by atoms with Gasteiger partial charge in [0.15, 0.2) is 0 Å². The van der Waals surface area contributed by atoms with E-state index in [0.717, 1.165) is 21.2 Å². The SMILES string of the molecule is CCOc1ccccc1NC(=O)C1=C(C)Nc2nc(SCc3ccccc3Cl)nn2C1c1ccc(OCc2ccc(Br)cc2)cc1. The molecule has 234 valence electrons. The van der Waals surface area contributed by atoms with Crippen molar-refractivity contribution in [2.24, 2.45) is 0 Å². The van der Waals surface area contributed by atoms with Crippen molar-refractivity contribution in [1.82, 2.24) is 14.8 Å². The molecule has 11 heteroatoms. The van der Waals surface area contributed by atoms with Crippen molar-refractivity contribution in [3.8, 4) is 11.5 Å². The Morgan fingerprint density at radius 2 is 1.74 bits per heavy atom. The van der Waals surface area contributed by atoms with Gasteiger partial charge in [-0.3, -0.25) is 4.79 Å². The molecule has 0 saturated carbocycles. The topological polar surface area (TPSA) is 90.3 Å². The number of carbonyl (C=O) groups excluding carboxylic acids is 1. The quantitative estimate of drug-likeness (QED) is 0.132. The Balaban J connectivity index is 1.30. The van der Waals surface area contributed by atoms with Crippen molar-refractivity contribution in [3.63, 3.8) is 0 Å². The van der Waals surface area contributed by atoms with Crippen molar-refractivity contribution >= 4 is 56.8 Å². The number of halogens is 2. The van der Waals surface area contributed by atoms with Crippen molar-refractivity contribution < 1.29 is 14.3 Å². The first-order valence-electron chi connectivity index (χ1n) is 14.7. The van der Waals surface area contributed by atoms with E-state index in [1.165, 1.54) is 11.8 Å². The van der Waals surface area contributed by atoms with E-state index < -0.39 is 6.04 Å². The number of amides is 1. The molecule has 0 saturated heterocycles. The zero-order chi connectivity index (χ0) is 32.0. The number of carbonyl (C=O) groups is 1. The molecule has 1 amide bonds. The van der Waals surface area contributed by atoms with Crippen LogP contribution in [0.2, 0.25) is 5.02 Å². The van der Waals surface area contributed by atoms with Gasteiger partial charge < -0.3 is 20.1 Å². The summed E-state index contributed by atoms with van der Waals surface area (Å²) in [5.74, 6) is 2.19. The van der Waals surface area contributed by atoms with Crippen LogP contribution in [0.15, 0.2) is 118 Å². The number of hydrogen-bond acceptors (Lipinski definition) is 7. The molecular formula is C35H31BrClN5O3S. The molecule has 0 aliphatic carbocycles. The van der Waals surface area contributed by atoms with Crippen LogP contribution in [0.3, 0.4) is 0 Å². The Labute approximate surface area is 285 Å². The van der Waals surface area contributed by atoms with Crippen molar-refractivity contribution in [3.05, 3.63) is 135 Å². The molecule has 1 aliphatic rings. The van der Waals surface area contributed by atoms with Gasteiger partial charge in [0.2, 0.25) is 11.1 Å². The number of allylic oxidation sites excluding steroid dienone is 1. The maximum Gasteiger partial charge on any atom is 0.255 e. The molecular weight excluding hydrogens is 686 g/mol. The number of hydrogen-bond donors (Lipinski definition) is 2. The zero-order valence-electron chi connectivity index (χ0n) is 25.2. The average molecular weight is 717 g/mol. The second kappa shape index (κ2) is 14.5. The lowest BCUT2D eigenvalue weighted by atomic mass is 9.95. The standard InChI is InChI=1S/C35H31BrClN5O3S/c1-3-44-30-11-7-6-10-29(30)39-33(43)31-22(2)38-34-40-35(46-21-25-8-4-5-9-28(25)37)41-42(34)32(31)24-14-18-27(19-15-24)45-20-23-12-16-26(36)17-13-23/h4-19,32H,3,20-21H2,1-2H3,(H,39,43)(H,38,40,41). The predicted octanol–water partition coefficient (Wildman–Crippen LogP) is 8.89. The summed E-state index contributed by atoms with van der Waals surface area (Å²) in [4.78, 5) is 18.8. The lowest BCUT2D eigenvalue weighted by Crippen LogP contribution is -2.31. The molecule has 5 aromatic rings. The van der Waals surface area contributed by atoms with Gasteiger partial charge in [-0.1, -0.05) is 93.9 Å². The van der Waals surface area contributed by atoms with Gasteiger partial charge in [-0.05, 0) is 73.0 Å². The summed E-state index contributed by atoms with van der Waals surface area (Å²) >= 11 is 11.3. The van der Waals surface area contributed by atoms with E-state index in [1.807, 2.05) is 111 Å². The average Bonchev–Trinajstić information content (AvgIpc) is 3.47. The third kappa shape index (κ3) is 7.25. The number of fused-ring (bicyclic) bond motifs is 1. The third-order valence-electron chi connectivity index (χ3n) is 7.34. The summed E-state index contributed by atoms with van der Waals surface area (Å²) in [6.45, 7) is 4.70. The fraction of sp³-hybridized carbons (Fsp3) is 0.171. The lowest BCUT2D eigenvalue weighted by molar-refractivity contribution is -0.113. The normalized spacial score (nSPS) is 14.0. The van der Waals surface area contributed by atoms with Crippen molar-refractivity contribution in [2.45, 2.75) is 37.4 Å². The van der Waals surface area contributed by atoms with Gasteiger partial charge in [-0.15, -0.1) is 5.10 Å². The summed E-state index contributed by atoms with van der Waals surface area (Å²) in [6.07, 6.45) is 0. The molecule has 46 heavy (non-hydrogen) atoms. The fourth-order valence-electron chi connectivity index (χ4n) is 5.09. The molecule has 1 aromatic heterocycles. The highest BCUT2D eigenvalue weighted by atomic mass is 79.9. The number of benzene rings is 4. The maximum absolute atomic E-state index is 14.1. The van der Waals surface area contributed by atoms with Gasteiger partial charge in [-0.2, -0.15) is 4.98 Å². The number of anilines is 2. The Morgan fingerprint density at radius 1 is 1.00 bits per heavy atom. The van der Waals surface area contributed by atoms with Crippen LogP contribution in [0.1, 0.15) is 36.6 Å². The first-order chi connectivity index (χ1) is 22.4. The third-order valence-corrected chi connectivity index (χ3v) is 9.13. The highest BCUT2D eigenvalue weighted by molar-refractivity contribution is 9.10. The van der Waals surface area contributed by atoms with Crippen molar-refractivity contribution in [2.75, 3.05) is 17.2 Å². The van der Waals surface area contributed by atoms with E-state index in [0.29, 0.717) is 63.6 Å². The molecule has 0 spiro atoms. The molecule has 1 atom stereocenters. The van der Waals surface area contributed by atoms with E-state index in [4.69, 9.17) is 31.2 Å². The van der Waals surface area contributed by atoms with E-state index in [-0.39, 0.29) is 5.91 Å². The Bertz CT molecular complexity index is 1880. The van der Waals surface area contributed by atoms with E-state index in [9.17, 15) is 4.79 Å². The molecule has 1 unspecified atom stereocenters. The molecule has 2 heterocycles. The molecule has 0 bridgehead atoms. The largest absolute Gasteiger partial charge is 0.492 e. The van der Waals surface area contributed by atoms with Gasteiger partial charge in [0.25, 0.3) is 5.91 Å². The molecule has 1 aliphatic heterocycles. The van der Waals surface area contributed by atoms with E-state index >= 15 is 0 Å². The van der Waals surface area contributed by atoms with Gasteiger partial charge in [0.1, 0.15) is 24.1 Å². The molecule has 8 nitrogen and oxygen atoms in total. The number of para-hydroxylation sites is 2. The van der Waals surface area contributed by atoms with Crippen LogP contribution >= 0.6 is 39.3 Å². The summed E-state index contributed by atoms with van der Waals surface area (Å²) in [5, 5.41) is 12.5. The van der Waals surface area contributed by atoms with Crippen LogP contribution in [0.4, 0.5) is 11.6 Å². The molecule has 4 aromatic carbocycles. The number of thioether (sulfide) groups is 1. The monoisotopic (exact) mass is 715 g/mol. The van der Waals surface area contributed by atoms with Gasteiger partial charge in [0, 0.05) is 20.9 Å².